The molecule has 7 aromatic rings. The van der Waals surface area contributed by atoms with Crippen molar-refractivity contribution in [2.45, 2.75) is 17.5 Å². The Morgan fingerprint density at radius 2 is 1.57 bits per heavy atom. The van der Waals surface area contributed by atoms with Crippen LogP contribution in [-0.2, 0) is 14.8 Å². The van der Waals surface area contributed by atoms with Gasteiger partial charge in [-0.15, -0.1) is 0 Å². The van der Waals surface area contributed by atoms with E-state index in [2.05, 4.69) is 0 Å². The predicted octanol–water partition coefficient (Wildman–Crippen LogP) is 9.89. The zero-order chi connectivity index (χ0) is 32.9. The number of hydrogen-bond donors (Lipinski definition) is 0. The predicted molar refractivity (Wildman–Crippen MR) is 173 cm³/mol. The molecule has 0 radical (unpaired) electrons. The Kier molecular flexibility index (Phi) is 6.45. The van der Waals surface area contributed by atoms with Gasteiger partial charge in [0, 0.05) is 37.9 Å². The molecule has 1 aromatic heterocycles. The number of nitrogens with zero attached hydrogens (tertiary/aromatic N) is 1. The Morgan fingerprint density at radius 1 is 0.851 bits per heavy atom. The first-order valence-corrected chi connectivity index (χ1v) is 16.2. The third-order valence-electron chi connectivity index (χ3n) is 8.89. The molecule has 1 aliphatic rings. The highest BCUT2D eigenvalue weighted by molar-refractivity contribution is 7.90. The van der Waals surface area contributed by atoms with Crippen LogP contribution in [0.1, 0.15) is 39.6 Å². The Bertz CT molecular complexity index is 2620. The summed E-state index contributed by atoms with van der Waals surface area (Å²) in [5.74, 6) is -1.40. The van der Waals surface area contributed by atoms with Gasteiger partial charge in [0.05, 0.1) is 28.6 Å². The molecule has 8 rings (SSSR count). The highest BCUT2D eigenvalue weighted by atomic mass is 35.5. The van der Waals surface area contributed by atoms with Gasteiger partial charge < -0.3 is 4.74 Å². The number of hydrogen-bond acceptors (Lipinski definition) is 4. The lowest BCUT2D eigenvalue weighted by atomic mass is 9.83. The van der Waals surface area contributed by atoms with E-state index in [0.717, 1.165) is 34.3 Å². The molecule has 1 atom stereocenters. The minimum atomic E-state index is -4.53. The maximum atomic E-state index is 16.5. The average molecular weight is 674 g/mol. The van der Waals surface area contributed by atoms with Crippen molar-refractivity contribution < 1.29 is 35.5 Å². The maximum absolute atomic E-state index is 16.5. The average Bonchev–Trinajstić information content (AvgIpc) is 3.43. The number of fused-ring (bicyclic) bond motifs is 3. The number of alkyl halides is 3. The summed E-state index contributed by atoms with van der Waals surface area (Å²) in [7, 11) is -3.28. The molecule has 47 heavy (non-hydrogen) atoms. The van der Waals surface area contributed by atoms with Gasteiger partial charge in [0.25, 0.3) is 16.4 Å². The van der Waals surface area contributed by atoms with Gasteiger partial charge in [-0.1, -0.05) is 66.2 Å². The second kappa shape index (κ2) is 10.3. The van der Waals surface area contributed by atoms with Gasteiger partial charge in [0.1, 0.15) is 5.82 Å². The Balaban J connectivity index is 1.58. The first kappa shape index (κ1) is 29.5. The van der Waals surface area contributed by atoms with E-state index in [9.17, 15) is 22.0 Å². The lowest BCUT2D eigenvalue weighted by Gasteiger charge is -2.22. The third-order valence-corrected chi connectivity index (χ3v) is 10.9. The number of aromatic nitrogens is 1. The van der Waals surface area contributed by atoms with Crippen LogP contribution >= 0.6 is 11.6 Å². The summed E-state index contributed by atoms with van der Waals surface area (Å²) >= 11 is 6.74. The van der Waals surface area contributed by atoms with Crippen LogP contribution in [-0.4, -0.2) is 25.5 Å². The molecule has 1 unspecified atom stereocenters. The van der Waals surface area contributed by atoms with Gasteiger partial charge in [0.2, 0.25) is 0 Å². The van der Waals surface area contributed by atoms with Gasteiger partial charge in [-0.25, -0.2) is 34.7 Å². The van der Waals surface area contributed by atoms with E-state index < -0.39 is 34.4 Å². The van der Waals surface area contributed by atoms with E-state index >= 15 is 8.78 Å². The fraction of sp³-hybridized carbons (Fsp3) is 0.0833. The van der Waals surface area contributed by atoms with Crippen molar-refractivity contribution >= 4 is 70.9 Å². The molecular formula is C36H20ClF4NO4S. The van der Waals surface area contributed by atoms with Crippen LogP contribution in [0.3, 0.4) is 0 Å². The normalized spacial score (nSPS) is 14.4. The van der Waals surface area contributed by atoms with E-state index in [0.29, 0.717) is 38.1 Å². The number of rotatable bonds is 5. The Morgan fingerprint density at radius 3 is 2.28 bits per heavy atom. The van der Waals surface area contributed by atoms with Crippen molar-refractivity contribution in [3.63, 3.8) is 0 Å². The smallest absolute Gasteiger partial charge is 0.337 e. The minimum absolute atomic E-state index is 0.0474. The largest absolute Gasteiger partial charge is 0.465 e. The number of carbonyl (C=O) groups is 1. The summed E-state index contributed by atoms with van der Waals surface area (Å²) in [6.45, 7) is 0. The van der Waals surface area contributed by atoms with Crippen LogP contribution < -0.4 is 0 Å². The molecule has 0 fully saturated rings. The number of ether oxygens (including phenoxy) is 1. The molecule has 1 aliphatic carbocycles. The molecule has 0 saturated heterocycles. The summed E-state index contributed by atoms with van der Waals surface area (Å²) in [5, 5.41) is 2.70. The summed E-state index contributed by atoms with van der Waals surface area (Å²) in [6, 6.07) is 21.5. The highest BCUT2D eigenvalue weighted by Crippen LogP contribution is 2.53. The monoisotopic (exact) mass is 673 g/mol. The lowest BCUT2D eigenvalue weighted by Crippen LogP contribution is -2.13. The van der Waals surface area contributed by atoms with Gasteiger partial charge in [-0.3, -0.25) is 0 Å². The minimum Gasteiger partial charge on any atom is -0.465 e. The van der Waals surface area contributed by atoms with Crippen molar-refractivity contribution in [2.24, 2.45) is 0 Å². The first-order valence-electron chi connectivity index (χ1n) is 14.3. The number of carbonyl (C=O) groups excluding carboxylic acids is 1. The van der Waals surface area contributed by atoms with Crippen molar-refractivity contribution in [1.82, 2.24) is 3.97 Å². The molecule has 5 nitrogen and oxygen atoms in total. The topological polar surface area (TPSA) is 65.4 Å². The van der Waals surface area contributed by atoms with Crippen molar-refractivity contribution in [1.29, 1.82) is 0 Å². The Labute approximate surface area is 269 Å². The fourth-order valence-corrected chi connectivity index (χ4v) is 8.71. The van der Waals surface area contributed by atoms with E-state index in [1.807, 2.05) is 0 Å². The van der Waals surface area contributed by atoms with Crippen LogP contribution in [0.15, 0.2) is 95.9 Å². The van der Waals surface area contributed by atoms with Crippen LogP contribution in [0.25, 0.3) is 54.5 Å². The van der Waals surface area contributed by atoms with Crippen molar-refractivity contribution in [3.8, 4) is 11.1 Å². The maximum Gasteiger partial charge on any atom is 0.337 e. The fourth-order valence-electron chi connectivity index (χ4n) is 6.90. The molecule has 11 heteroatoms. The quantitative estimate of drug-likeness (QED) is 0.104. The molecule has 0 saturated carbocycles. The van der Waals surface area contributed by atoms with Crippen molar-refractivity contribution in [2.75, 3.05) is 7.11 Å². The van der Waals surface area contributed by atoms with E-state index in [4.69, 9.17) is 16.3 Å². The second-order valence-electron chi connectivity index (χ2n) is 11.3. The van der Waals surface area contributed by atoms with E-state index in [1.165, 1.54) is 19.2 Å². The van der Waals surface area contributed by atoms with Gasteiger partial charge in [0.15, 0.2) is 6.17 Å². The molecule has 234 valence electrons. The molecular weight excluding hydrogens is 654 g/mol. The zero-order valence-electron chi connectivity index (χ0n) is 24.2. The number of halogens is 5. The van der Waals surface area contributed by atoms with Crippen molar-refractivity contribution in [3.05, 3.63) is 124 Å². The summed E-state index contributed by atoms with van der Waals surface area (Å²) in [5.41, 5.74) is 1.09. The molecule has 1 heterocycles. The molecule has 0 amide bonds. The SMILES string of the molecule is COC(=O)c1ccc(-c2cccc3c2c2cccc4c2c2c5c(c(F)ccc5n(S(=O)(=O)c5ccc(C(F)F)cc5)c32)C4F)c(Cl)c1. The number of benzene rings is 6. The van der Waals surface area contributed by atoms with Gasteiger partial charge >= 0.3 is 5.97 Å². The molecule has 0 N–H and O–H groups in total. The third kappa shape index (κ3) is 4.01. The zero-order valence-corrected chi connectivity index (χ0v) is 25.8. The summed E-state index contributed by atoms with van der Waals surface area (Å²) in [6.07, 6.45) is -4.71. The first-order chi connectivity index (χ1) is 22.5. The highest BCUT2D eigenvalue weighted by Gasteiger charge is 2.36. The Hall–Kier alpha value is -4.93. The number of esters is 1. The molecule has 0 aliphatic heterocycles. The second-order valence-corrected chi connectivity index (χ2v) is 13.5. The molecule has 0 bridgehead atoms. The number of methoxy groups -OCH3 is 1. The van der Waals surface area contributed by atoms with Gasteiger partial charge in [-0.05, 0) is 63.7 Å². The van der Waals surface area contributed by atoms with Crippen LogP contribution in [0.2, 0.25) is 5.02 Å². The van der Waals surface area contributed by atoms with Crippen LogP contribution in [0, 0.1) is 5.82 Å². The van der Waals surface area contributed by atoms with E-state index in [-0.39, 0.29) is 48.6 Å². The lowest BCUT2D eigenvalue weighted by molar-refractivity contribution is 0.0600. The molecule has 6 aromatic carbocycles. The standard InChI is InChI=1S/C36H20ClF4NO4S/c1-46-36(43)18-10-13-20(25(37)16-18)21-4-2-7-24-28(21)22-5-3-6-23-29(22)32-31-27(15-14-26(38)30(31)33(23)39)42(34(24)32)47(44,45)19-11-8-17(9-12-19)35(40)41/h2-16,33,35H,1H3. The van der Waals surface area contributed by atoms with Crippen LogP contribution in [0.5, 0.6) is 0 Å². The summed E-state index contributed by atoms with van der Waals surface area (Å²) < 4.78 is 93.6. The van der Waals surface area contributed by atoms with E-state index in [1.54, 1.807) is 48.5 Å². The molecule has 0 spiro atoms. The van der Waals surface area contributed by atoms with Gasteiger partial charge in [-0.2, -0.15) is 0 Å². The summed E-state index contributed by atoms with van der Waals surface area (Å²) in [4.78, 5) is 11.9. The van der Waals surface area contributed by atoms with Crippen LogP contribution in [0.4, 0.5) is 17.6 Å².